The SMILES string of the molecule is CN(C)CCCOc1c(Br)cc(CCn2cc(-c3ccc(-c4cn(CCc5cc(Br)c(OCCCN(C)C)c(Br)c5)nn4)cc3)nn2)cc1Br. The molecule has 2 heterocycles. The van der Waals surface area contributed by atoms with Gasteiger partial charge in [-0.25, -0.2) is 0 Å². The second-order valence-electron chi connectivity index (χ2n) is 12.6. The van der Waals surface area contributed by atoms with E-state index in [0.717, 1.165) is 90.7 Å². The Morgan fingerprint density at radius 1 is 0.580 bits per heavy atom. The fourth-order valence-corrected chi connectivity index (χ4v) is 8.30. The number of hydrogen-bond acceptors (Lipinski definition) is 8. The largest absolute Gasteiger partial charge is 0.491 e. The Morgan fingerprint density at radius 2 is 0.940 bits per heavy atom. The Hall–Kier alpha value is -2.62. The van der Waals surface area contributed by atoms with E-state index in [2.05, 4.69) is 147 Å². The van der Waals surface area contributed by atoms with Crippen molar-refractivity contribution in [2.45, 2.75) is 38.8 Å². The standard InChI is InChI=1S/C36H42Br4N8O2/c1-45(2)13-5-17-49-35-29(37)19-25(20-30(35)38)11-15-47-23-33(41-43-47)27-7-9-28(10-8-27)34-24-48(44-42-34)16-12-26-21-31(39)36(32(40)22-26)50-18-6-14-46(3)4/h7-10,19-24H,5-6,11-18H2,1-4H3. The van der Waals surface area contributed by atoms with Crippen LogP contribution in [0.15, 0.2) is 78.8 Å². The lowest BCUT2D eigenvalue weighted by molar-refractivity contribution is 0.279. The molecule has 0 aliphatic rings. The lowest BCUT2D eigenvalue weighted by Crippen LogP contribution is -2.15. The highest BCUT2D eigenvalue weighted by Crippen LogP contribution is 2.36. The van der Waals surface area contributed by atoms with Crippen molar-refractivity contribution in [3.63, 3.8) is 0 Å². The number of ether oxygens (including phenoxy) is 2. The van der Waals surface area contributed by atoms with Gasteiger partial charge in [-0.1, -0.05) is 34.7 Å². The van der Waals surface area contributed by atoms with E-state index in [4.69, 9.17) is 9.47 Å². The molecule has 266 valence electrons. The van der Waals surface area contributed by atoms with E-state index in [-0.39, 0.29) is 0 Å². The van der Waals surface area contributed by atoms with Crippen LogP contribution in [0.3, 0.4) is 0 Å². The summed E-state index contributed by atoms with van der Waals surface area (Å²) in [5.74, 6) is 1.67. The highest BCUT2D eigenvalue weighted by atomic mass is 79.9. The molecule has 10 nitrogen and oxygen atoms in total. The molecule has 0 aliphatic carbocycles. The molecule has 3 aromatic carbocycles. The Balaban J connectivity index is 1.12. The van der Waals surface area contributed by atoms with Gasteiger partial charge in [0.05, 0.1) is 43.5 Å². The molecule has 0 unspecified atom stereocenters. The smallest absolute Gasteiger partial charge is 0.147 e. The first kappa shape index (κ1) is 38.6. The van der Waals surface area contributed by atoms with Gasteiger partial charge in [0.2, 0.25) is 0 Å². The Morgan fingerprint density at radius 3 is 1.28 bits per heavy atom. The van der Waals surface area contributed by atoms with Crippen LogP contribution in [0.5, 0.6) is 11.5 Å². The molecule has 5 aromatic rings. The molecule has 0 spiro atoms. The second kappa shape index (κ2) is 18.7. The molecule has 0 fully saturated rings. The van der Waals surface area contributed by atoms with Gasteiger partial charge in [0.1, 0.15) is 22.9 Å². The van der Waals surface area contributed by atoms with Crippen molar-refractivity contribution in [3.05, 3.63) is 89.9 Å². The van der Waals surface area contributed by atoms with Crippen molar-refractivity contribution < 1.29 is 9.47 Å². The van der Waals surface area contributed by atoms with Crippen LogP contribution in [0.1, 0.15) is 24.0 Å². The highest BCUT2D eigenvalue weighted by Gasteiger charge is 2.13. The van der Waals surface area contributed by atoms with Gasteiger partial charge in [0.25, 0.3) is 0 Å². The van der Waals surface area contributed by atoms with Gasteiger partial charge >= 0.3 is 0 Å². The average Bonchev–Trinajstić information content (AvgIpc) is 3.75. The first-order valence-corrected chi connectivity index (χ1v) is 19.6. The number of aromatic nitrogens is 6. The Labute approximate surface area is 328 Å². The van der Waals surface area contributed by atoms with Crippen molar-refractivity contribution >= 4 is 63.7 Å². The van der Waals surface area contributed by atoms with Crippen molar-refractivity contribution in [1.29, 1.82) is 0 Å². The summed E-state index contributed by atoms with van der Waals surface area (Å²) in [6.07, 6.45) is 7.52. The van der Waals surface area contributed by atoms with E-state index in [1.807, 2.05) is 46.0 Å². The molecule has 0 bridgehead atoms. The van der Waals surface area contributed by atoms with Crippen molar-refractivity contribution in [1.82, 2.24) is 39.8 Å². The summed E-state index contributed by atoms with van der Waals surface area (Å²) in [6, 6.07) is 16.6. The molecule has 14 heteroatoms. The molecular weight excluding hydrogens is 896 g/mol. The maximum Gasteiger partial charge on any atom is 0.147 e. The van der Waals surface area contributed by atoms with Crippen LogP contribution in [-0.2, 0) is 25.9 Å². The average molecular weight is 938 g/mol. The zero-order valence-electron chi connectivity index (χ0n) is 28.8. The first-order valence-electron chi connectivity index (χ1n) is 16.5. The van der Waals surface area contributed by atoms with Gasteiger partial charge in [-0.2, -0.15) is 0 Å². The molecule has 0 aliphatic heterocycles. The zero-order chi connectivity index (χ0) is 35.6. The van der Waals surface area contributed by atoms with Gasteiger partial charge in [-0.15, -0.1) is 10.2 Å². The van der Waals surface area contributed by atoms with Crippen LogP contribution in [-0.4, -0.2) is 94.3 Å². The predicted molar refractivity (Wildman–Crippen MR) is 213 cm³/mol. The van der Waals surface area contributed by atoms with Crippen molar-refractivity contribution in [2.24, 2.45) is 0 Å². The Kier molecular flexibility index (Phi) is 14.5. The van der Waals surface area contributed by atoms with Crippen LogP contribution in [0, 0.1) is 0 Å². The zero-order valence-corrected chi connectivity index (χ0v) is 35.1. The third-order valence-electron chi connectivity index (χ3n) is 7.92. The number of rotatable bonds is 18. The normalized spacial score (nSPS) is 11.6. The molecular formula is C36H42Br4N8O2. The number of aryl methyl sites for hydroxylation is 4. The maximum atomic E-state index is 6.02. The molecule has 0 N–H and O–H groups in total. The number of halogens is 4. The molecule has 50 heavy (non-hydrogen) atoms. The molecule has 0 saturated heterocycles. The van der Waals surface area contributed by atoms with E-state index in [1.54, 1.807) is 0 Å². The number of nitrogens with zero attached hydrogens (tertiary/aromatic N) is 8. The maximum absolute atomic E-state index is 6.02. The third-order valence-corrected chi connectivity index (χ3v) is 10.3. The fraction of sp³-hybridized carbons (Fsp3) is 0.389. The van der Waals surface area contributed by atoms with Gasteiger partial charge in [0, 0.05) is 37.3 Å². The van der Waals surface area contributed by atoms with Crippen LogP contribution >= 0.6 is 63.7 Å². The van der Waals surface area contributed by atoms with E-state index in [1.165, 1.54) is 11.1 Å². The van der Waals surface area contributed by atoms with Gasteiger partial charge in [-0.3, -0.25) is 9.36 Å². The monoisotopic (exact) mass is 934 g/mol. The van der Waals surface area contributed by atoms with Crippen molar-refractivity contribution in [2.75, 3.05) is 54.5 Å². The summed E-state index contributed by atoms with van der Waals surface area (Å²) in [6.45, 7) is 4.72. The van der Waals surface area contributed by atoms with Gasteiger partial charge in [-0.05, 0) is 153 Å². The summed E-state index contributed by atoms with van der Waals surface area (Å²) in [5, 5.41) is 17.6. The lowest BCUT2D eigenvalue weighted by Gasteiger charge is -2.14. The summed E-state index contributed by atoms with van der Waals surface area (Å²) >= 11 is 14.7. The van der Waals surface area contributed by atoms with E-state index >= 15 is 0 Å². The minimum atomic E-state index is 0.666. The fourth-order valence-electron chi connectivity index (χ4n) is 5.28. The van der Waals surface area contributed by atoms with Crippen LogP contribution in [0.25, 0.3) is 22.5 Å². The van der Waals surface area contributed by atoms with Gasteiger partial charge < -0.3 is 19.3 Å². The van der Waals surface area contributed by atoms with Gasteiger partial charge in [0.15, 0.2) is 0 Å². The number of hydrogen-bond donors (Lipinski definition) is 0. The van der Waals surface area contributed by atoms with Crippen LogP contribution in [0.2, 0.25) is 0 Å². The lowest BCUT2D eigenvalue weighted by atomic mass is 10.1. The van der Waals surface area contributed by atoms with Crippen LogP contribution < -0.4 is 9.47 Å². The summed E-state index contributed by atoms with van der Waals surface area (Å²) in [4.78, 5) is 4.31. The van der Waals surface area contributed by atoms with Crippen molar-refractivity contribution in [3.8, 4) is 34.0 Å². The second-order valence-corrected chi connectivity index (χ2v) is 16.0. The molecule has 0 radical (unpaired) electrons. The summed E-state index contributed by atoms with van der Waals surface area (Å²) < 4.78 is 19.6. The topological polar surface area (TPSA) is 86.4 Å². The quantitative estimate of drug-likeness (QED) is 0.0811. The third kappa shape index (κ3) is 11.2. The molecule has 0 atom stereocenters. The Bertz CT molecular complexity index is 1660. The van der Waals surface area contributed by atoms with E-state index in [0.29, 0.717) is 26.3 Å². The molecule has 0 saturated carbocycles. The number of benzene rings is 3. The molecule has 0 amide bonds. The molecule has 2 aromatic heterocycles. The first-order chi connectivity index (χ1) is 24.0. The van der Waals surface area contributed by atoms with E-state index in [9.17, 15) is 0 Å². The molecule has 5 rings (SSSR count). The minimum absolute atomic E-state index is 0.666. The predicted octanol–water partition coefficient (Wildman–Crippen LogP) is 8.40. The summed E-state index contributed by atoms with van der Waals surface area (Å²) in [7, 11) is 8.27. The van der Waals surface area contributed by atoms with E-state index < -0.39 is 0 Å². The highest BCUT2D eigenvalue weighted by molar-refractivity contribution is 9.11. The van der Waals surface area contributed by atoms with Crippen LogP contribution in [0.4, 0.5) is 0 Å². The summed E-state index contributed by atoms with van der Waals surface area (Å²) in [5.41, 5.74) is 5.99. The minimum Gasteiger partial charge on any atom is -0.491 e.